The summed E-state index contributed by atoms with van der Waals surface area (Å²) < 4.78 is 37.0. The average molecular weight is 463 g/mol. The number of aromatic nitrogens is 3. The van der Waals surface area contributed by atoms with Crippen LogP contribution in [0.4, 0.5) is 4.39 Å². The Morgan fingerprint density at radius 3 is 2.58 bits per heavy atom. The second-order valence-electron chi connectivity index (χ2n) is 7.72. The number of H-pyrrole nitrogens is 1. The van der Waals surface area contributed by atoms with E-state index in [2.05, 4.69) is 9.97 Å². The first-order chi connectivity index (χ1) is 14.3. The lowest BCUT2D eigenvalue weighted by atomic mass is 9.93. The van der Waals surface area contributed by atoms with Crippen molar-refractivity contribution in [3.05, 3.63) is 38.4 Å². The SMILES string of the molecule is CCC(C)(C[C@H]1O[C@@H](n2cc3c(F)c(C)c(=O)[nH]c3nc2=O)[C@@H](O)C1O)OP(=O)(O)O. The summed E-state index contributed by atoms with van der Waals surface area (Å²) in [6.45, 7) is 4.25. The van der Waals surface area contributed by atoms with E-state index in [4.69, 9.17) is 19.0 Å². The Hall–Kier alpha value is -1.99. The van der Waals surface area contributed by atoms with E-state index < -0.39 is 55.0 Å². The summed E-state index contributed by atoms with van der Waals surface area (Å²) in [7, 11) is -4.85. The standard InChI is InChI=1S/C17H23FN3O9P/c1-4-17(3,30-31(26,27)28)5-9-11(22)12(23)15(29-9)21-6-8-10(18)7(2)14(24)19-13(8)20-16(21)25/h6,9,11-12,15,22-23H,4-5H2,1-3H3,(H2,26,27,28)(H,19,20,24,25)/t9-,11?,12+,15-,17?/m1/s1. The highest BCUT2D eigenvalue weighted by Crippen LogP contribution is 2.45. The molecule has 1 aliphatic rings. The second kappa shape index (κ2) is 8.17. The van der Waals surface area contributed by atoms with Crippen molar-refractivity contribution in [3.63, 3.8) is 0 Å². The lowest BCUT2D eigenvalue weighted by Gasteiger charge is -2.31. The number of hydrogen-bond donors (Lipinski definition) is 5. The molecule has 0 amide bonds. The van der Waals surface area contributed by atoms with E-state index in [1.807, 2.05) is 0 Å². The molecule has 14 heteroatoms. The average Bonchev–Trinajstić information content (AvgIpc) is 2.92. The topological polar surface area (TPSA) is 184 Å². The van der Waals surface area contributed by atoms with Crippen LogP contribution < -0.4 is 11.2 Å². The molecule has 2 unspecified atom stereocenters. The lowest BCUT2D eigenvalue weighted by molar-refractivity contribution is -0.0707. The molecule has 0 aliphatic carbocycles. The first kappa shape index (κ1) is 23.7. The summed E-state index contributed by atoms with van der Waals surface area (Å²) in [5.41, 5.74) is -3.64. The van der Waals surface area contributed by atoms with Crippen molar-refractivity contribution in [2.75, 3.05) is 0 Å². The van der Waals surface area contributed by atoms with Crippen LogP contribution in [0, 0.1) is 12.7 Å². The van der Waals surface area contributed by atoms with Gasteiger partial charge in [-0.25, -0.2) is 13.8 Å². The van der Waals surface area contributed by atoms with Crippen LogP contribution >= 0.6 is 7.82 Å². The number of halogens is 1. The van der Waals surface area contributed by atoms with Crippen molar-refractivity contribution in [2.45, 2.75) is 63.8 Å². The number of ether oxygens (including phenoxy) is 1. The predicted octanol–water partition coefficient (Wildman–Crippen LogP) is -0.180. The van der Waals surface area contributed by atoms with Crippen LogP contribution in [-0.4, -0.2) is 58.4 Å². The minimum absolute atomic E-state index is 0.140. The number of aliphatic hydroxyl groups is 2. The van der Waals surface area contributed by atoms with E-state index in [0.717, 1.165) is 10.8 Å². The number of phosphoric ester groups is 1. The van der Waals surface area contributed by atoms with Crippen molar-refractivity contribution in [2.24, 2.45) is 0 Å². The number of nitrogens with zero attached hydrogens (tertiary/aromatic N) is 2. The molecule has 3 rings (SSSR count). The van der Waals surface area contributed by atoms with Crippen LogP contribution in [0.5, 0.6) is 0 Å². The van der Waals surface area contributed by atoms with Crippen LogP contribution in [0.3, 0.4) is 0 Å². The monoisotopic (exact) mass is 463 g/mol. The Labute approximate surface area is 174 Å². The summed E-state index contributed by atoms with van der Waals surface area (Å²) in [6.07, 6.45) is -4.88. The fourth-order valence-electron chi connectivity index (χ4n) is 3.50. The molecule has 2 aromatic heterocycles. The summed E-state index contributed by atoms with van der Waals surface area (Å²) in [6, 6.07) is 0. The number of aromatic amines is 1. The summed E-state index contributed by atoms with van der Waals surface area (Å²) in [5.74, 6) is -0.904. The van der Waals surface area contributed by atoms with Crippen molar-refractivity contribution < 1.29 is 38.2 Å². The molecule has 0 bridgehead atoms. The van der Waals surface area contributed by atoms with E-state index in [1.165, 1.54) is 13.8 Å². The molecule has 1 saturated heterocycles. The fraction of sp³-hybridized carbons (Fsp3) is 0.588. The number of rotatable bonds is 6. The zero-order chi connectivity index (χ0) is 23.3. The van der Waals surface area contributed by atoms with Gasteiger partial charge in [0.2, 0.25) is 0 Å². The molecular formula is C17H23FN3O9P. The van der Waals surface area contributed by atoms with E-state index in [1.54, 1.807) is 6.92 Å². The van der Waals surface area contributed by atoms with Crippen LogP contribution in [0.1, 0.15) is 38.5 Å². The Bertz CT molecular complexity index is 1160. The molecule has 172 valence electrons. The quantitative estimate of drug-likeness (QED) is 0.360. The summed E-state index contributed by atoms with van der Waals surface area (Å²) in [5, 5.41) is 20.6. The zero-order valence-corrected chi connectivity index (χ0v) is 17.7. The van der Waals surface area contributed by atoms with Crippen molar-refractivity contribution >= 4 is 18.9 Å². The second-order valence-corrected chi connectivity index (χ2v) is 8.89. The van der Waals surface area contributed by atoms with Gasteiger partial charge in [0, 0.05) is 12.6 Å². The molecule has 3 heterocycles. The lowest BCUT2D eigenvalue weighted by Crippen LogP contribution is -2.38. The van der Waals surface area contributed by atoms with Gasteiger partial charge in [0.25, 0.3) is 5.56 Å². The third-order valence-corrected chi connectivity index (χ3v) is 6.10. The van der Waals surface area contributed by atoms with Crippen molar-refractivity contribution in [1.29, 1.82) is 0 Å². The number of phosphoric acid groups is 1. The van der Waals surface area contributed by atoms with Gasteiger partial charge in [-0.2, -0.15) is 4.98 Å². The maximum absolute atomic E-state index is 14.5. The van der Waals surface area contributed by atoms with E-state index in [0.29, 0.717) is 0 Å². The van der Waals surface area contributed by atoms with Crippen molar-refractivity contribution in [3.8, 4) is 0 Å². The third-order valence-electron chi connectivity index (χ3n) is 5.42. The van der Waals surface area contributed by atoms with E-state index in [-0.39, 0.29) is 29.4 Å². The normalized spacial score (nSPS) is 26.3. The van der Waals surface area contributed by atoms with Crippen LogP contribution in [0.25, 0.3) is 11.0 Å². The minimum atomic E-state index is -4.85. The fourth-order valence-corrected chi connectivity index (χ4v) is 4.27. The number of nitrogens with one attached hydrogen (secondary N) is 1. The first-order valence-electron chi connectivity index (χ1n) is 9.35. The molecule has 0 spiro atoms. The molecule has 5 N–H and O–H groups in total. The van der Waals surface area contributed by atoms with Crippen molar-refractivity contribution in [1.82, 2.24) is 14.5 Å². The number of aliphatic hydroxyl groups excluding tert-OH is 2. The van der Waals surface area contributed by atoms with Gasteiger partial charge in [-0.05, 0) is 20.3 Å². The summed E-state index contributed by atoms with van der Waals surface area (Å²) >= 11 is 0. The predicted molar refractivity (Wildman–Crippen MR) is 104 cm³/mol. The smallest absolute Gasteiger partial charge is 0.388 e. The van der Waals surface area contributed by atoms with Crippen LogP contribution in [-0.2, 0) is 13.8 Å². The van der Waals surface area contributed by atoms with Gasteiger partial charge in [-0.1, -0.05) is 6.92 Å². The highest BCUT2D eigenvalue weighted by Gasteiger charge is 2.47. The maximum Gasteiger partial charge on any atom is 0.470 e. The summed E-state index contributed by atoms with van der Waals surface area (Å²) in [4.78, 5) is 48.3. The number of pyridine rings is 1. The van der Waals surface area contributed by atoms with Gasteiger partial charge in [0.15, 0.2) is 6.23 Å². The van der Waals surface area contributed by atoms with E-state index >= 15 is 0 Å². The first-order valence-corrected chi connectivity index (χ1v) is 10.9. The van der Waals surface area contributed by atoms with Crippen LogP contribution in [0.15, 0.2) is 15.8 Å². The van der Waals surface area contributed by atoms with Gasteiger partial charge in [0.1, 0.15) is 23.7 Å². The molecule has 0 saturated carbocycles. The molecule has 2 aromatic rings. The number of fused-ring (bicyclic) bond motifs is 1. The molecule has 0 aromatic carbocycles. The van der Waals surface area contributed by atoms with Gasteiger partial charge in [-0.15, -0.1) is 0 Å². The zero-order valence-electron chi connectivity index (χ0n) is 16.9. The minimum Gasteiger partial charge on any atom is -0.388 e. The van der Waals surface area contributed by atoms with Crippen LogP contribution in [0.2, 0.25) is 0 Å². The van der Waals surface area contributed by atoms with Gasteiger partial charge >= 0.3 is 13.5 Å². The maximum atomic E-state index is 14.5. The molecule has 31 heavy (non-hydrogen) atoms. The molecule has 1 fully saturated rings. The van der Waals surface area contributed by atoms with E-state index in [9.17, 15) is 28.8 Å². The van der Waals surface area contributed by atoms with Gasteiger partial charge in [-0.3, -0.25) is 13.9 Å². The Morgan fingerprint density at radius 2 is 2.00 bits per heavy atom. The van der Waals surface area contributed by atoms with Gasteiger partial charge < -0.3 is 29.7 Å². The molecule has 0 radical (unpaired) electrons. The Morgan fingerprint density at radius 1 is 1.35 bits per heavy atom. The molecule has 12 nitrogen and oxygen atoms in total. The van der Waals surface area contributed by atoms with Gasteiger partial charge in [0.05, 0.1) is 22.7 Å². The highest BCUT2D eigenvalue weighted by atomic mass is 31.2. The molecular weight excluding hydrogens is 440 g/mol. The molecule has 5 atom stereocenters. The highest BCUT2D eigenvalue weighted by molar-refractivity contribution is 7.46. The Kier molecular flexibility index (Phi) is 6.24. The molecule has 1 aliphatic heterocycles. The Balaban J connectivity index is 1.97. The third kappa shape index (κ3) is 4.62. The number of hydrogen-bond acceptors (Lipinski definition) is 8. The largest absolute Gasteiger partial charge is 0.470 e.